The molecule has 0 amide bonds. The van der Waals surface area contributed by atoms with Crippen molar-refractivity contribution in [1.29, 1.82) is 0 Å². The standard InChI is InChI=1S/C9H7.3C2H4O2.Ti/c1-2-5-9-7-3-6-8(9)4-1;3*1-2(3)4;/h1-7H;3*1H3,(H,3,4);/q;;;;+3/p-3. The second-order valence-electron chi connectivity index (χ2n) is 4.85. The molecule has 1 aromatic carbocycles. The van der Waals surface area contributed by atoms with Crippen LogP contribution in [0.3, 0.4) is 0 Å². The fraction of sp³-hybridized carbons (Fsp3) is 0.267. The summed E-state index contributed by atoms with van der Waals surface area (Å²) in [6.45, 7) is 3.58. The first-order valence-corrected chi connectivity index (χ1v) is 9.51. The average molecular weight is 340 g/mol. The monoisotopic (exact) mass is 340 g/mol. The predicted octanol–water partition coefficient (Wildman–Crippen LogP) is 2.34. The summed E-state index contributed by atoms with van der Waals surface area (Å²) in [7, 11) is 0. The third kappa shape index (κ3) is 3.46. The molecule has 0 saturated heterocycles. The van der Waals surface area contributed by atoms with Gasteiger partial charge in [0.25, 0.3) is 0 Å². The Bertz CT molecular complexity index is 610. The number of benzene rings is 1. The summed E-state index contributed by atoms with van der Waals surface area (Å²) >= 11 is -4.57. The van der Waals surface area contributed by atoms with Gasteiger partial charge in [-0.25, -0.2) is 0 Å². The van der Waals surface area contributed by atoms with Gasteiger partial charge in [0.1, 0.15) is 0 Å². The van der Waals surface area contributed by atoms with Gasteiger partial charge in [-0.1, -0.05) is 0 Å². The zero-order valence-corrected chi connectivity index (χ0v) is 14.1. The molecule has 0 radical (unpaired) electrons. The van der Waals surface area contributed by atoms with Crippen LogP contribution in [0.1, 0.15) is 36.1 Å². The van der Waals surface area contributed by atoms with Crippen LogP contribution in [-0.4, -0.2) is 17.9 Å². The van der Waals surface area contributed by atoms with E-state index < -0.39 is 39.9 Å². The first-order chi connectivity index (χ1) is 10.3. The summed E-state index contributed by atoms with van der Waals surface area (Å²) in [5.41, 5.74) is 1.72. The Hall–Kier alpha value is -1.92. The Balaban J connectivity index is 2.51. The van der Waals surface area contributed by atoms with Crippen LogP contribution in [0.15, 0.2) is 30.3 Å². The van der Waals surface area contributed by atoms with E-state index in [0.29, 0.717) is 0 Å². The molecule has 1 atom stereocenters. The molecule has 2 rings (SSSR count). The van der Waals surface area contributed by atoms with Crippen molar-refractivity contribution in [3.8, 4) is 0 Å². The Labute approximate surface area is 132 Å². The molecule has 1 aliphatic carbocycles. The van der Waals surface area contributed by atoms with Crippen LogP contribution < -0.4 is 0 Å². The molecule has 0 heterocycles. The molecule has 116 valence electrons. The van der Waals surface area contributed by atoms with Crippen molar-refractivity contribution in [3.63, 3.8) is 0 Å². The Morgan fingerprint density at radius 1 is 0.909 bits per heavy atom. The van der Waals surface area contributed by atoms with Crippen LogP contribution >= 0.6 is 0 Å². The molecule has 0 aliphatic heterocycles. The SMILES string of the molecule is CC(=O)[O][Ti]([O]C(C)=O)([O]C(C)=O)[CH]1C=Cc2ccccc21. The predicted molar refractivity (Wildman–Crippen MR) is 73.5 cm³/mol. The van der Waals surface area contributed by atoms with Crippen molar-refractivity contribution in [2.45, 2.75) is 25.0 Å². The minimum absolute atomic E-state index is 0.548. The van der Waals surface area contributed by atoms with Crippen molar-refractivity contribution < 1.29 is 42.1 Å². The Kier molecular flexibility index (Phi) is 4.83. The number of hydrogen-bond donors (Lipinski definition) is 0. The maximum atomic E-state index is 11.5. The molecule has 0 spiro atoms. The van der Waals surface area contributed by atoms with Crippen molar-refractivity contribution in [3.05, 3.63) is 41.5 Å². The fourth-order valence-corrected chi connectivity index (χ4v) is 6.60. The van der Waals surface area contributed by atoms with Crippen LogP contribution in [0.4, 0.5) is 0 Å². The molecule has 0 saturated carbocycles. The molecular weight excluding hydrogens is 324 g/mol. The van der Waals surface area contributed by atoms with E-state index in [1.54, 1.807) is 6.08 Å². The number of hydrogen-bond acceptors (Lipinski definition) is 6. The van der Waals surface area contributed by atoms with Crippen LogP contribution in [0.5, 0.6) is 0 Å². The number of carbonyl (C=O) groups is 3. The first kappa shape index (κ1) is 16.5. The molecule has 0 aromatic heterocycles. The molecular formula is C15H16O6Ti. The molecule has 6 nitrogen and oxygen atoms in total. The van der Waals surface area contributed by atoms with E-state index in [4.69, 9.17) is 9.96 Å². The summed E-state index contributed by atoms with van der Waals surface area (Å²) < 4.78 is 15.4. The van der Waals surface area contributed by atoms with Crippen LogP contribution in [-0.2, 0) is 42.1 Å². The number of allylic oxidation sites excluding steroid dienone is 1. The molecule has 1 aromatic rings. The summed E-state index contributed by atoms with van der Waals surface area (Å²) in [5, 5.41) is 0. The quantitative estimate of drug-likeness (QED) is 0.783. The molecule has 0 N–H and O–H groups in total. The number of rotatable bonds is 4. The number of carbonyl (C=O) groups excluding carboxylic acids is 3. The van der Waals surface area contributed by atoms with Gasteiger partial charge in [-0.2, -0.15) is 0 Å². The van der Waals surface area contributed by atoms with E-state index >= 15 is 0 Å². The first-order valence-electron chi connectivity index (χ1n) is 6.70. The van der Waals surface area contributed by atoms with Crippen molar-refractivity contribution >= 4 is 24.0 Å². The molecule has 7 heteroatoms. The van der Waals surface area contributed by atoms with Crippen molar-refractivity contribution in [2.75, 3.05) is 0 Å². The summed E-state index contributed by atoms with van der Waals surface area (Å²) in [5.74, 6) is -1.96. The van der Waals surface area contributed by atoms with Gasteiger partial charge in [0.15, 0.2) is 0 Å². The van der Waals surface area contributed by atoms with E-state index in [9.17, 15) is 14.4 Å². The number of fused-ring (bicyclic) bond motifs is 1. The van der Waals surface area contributed by atoms with Gasteiger partial charge < -0.3 is 0 Å². The second-order valence-corrected chi connectivity index (χ2v) is 8.66. The van der Waals surface area contributed by atoms with E-state index in [0.717, 1.165) is 11.1 Å². The molecule has 22 heavy (non-hydrogen) atoms. The van der Waals surface area contributed by atoms with Gasteiger partial charge in [0.2, 0.25) is 0 Å². The average Bonchev–Trinajstić information content (AvgIpc) is 2.80. The van der Waals surface area contributed by atoms with Gasteiger partial charge in [0, 0.05) is 0 Å². The van der Waals surface area contributed by atoms with Gasteiger partial charge in [-0.05, 0) is 0 Å². The van der Waals surface area contributed by atoms with Crippen molar-refractivity contribution in [1.82, 2.24) is 0 Å². The van der Waals surface area contributed by atoms with Gasteiger partial charge in [-0.15, -0.1) is 0 Å². The Morgan fingerprint density at radius 2 is 1.41 bits per heavy atom. The van der Waals surface area contributed by atoms with E-state index in [2.05, 4.69) is 0 Å². The molecule has 0 bridgehead atoms. The second kappa shape index (κ2) is 6.46. The topological polar surface area (TPSA) is 78.9 Å². The van der Waals surface area contributed by atoms with Crippen LogP contribution in [0.2, 0.25) is 0 Å². The normalized spacial score (nSPS) is 15.9. The summed E-state index contributed by atoms with van der Waals surface area (Å²) in [4.78, 5) is 34.5. The zero-order valence-electron chi connectivity index (χ0n) is 12.5. The molecule has 1 unspecified atom stereocenters. The van der Waals surface area contributed by atoms with Crippen LogP contribution in [0, 0.1) is 0 Å². The van der Waals surface area contributed by atoms with Crippen LogP contribution in [0.25, 0.3) is 6.08 Å². The summed E-state index contributed by atoms with van der Waals surface area (Å²) in [6.07, 6.45) is 3.58. The fourth-order valence-electron chi connectivity index (χ4n) is 2.41. The summed E-state index contributed by atoms with van der Waals surface area (Å²) in [6, 6.07) is 7.40. The van der Waals surface area contributed by atoms with Crippen molar-refractivity contribution in [2.24, 2.45) is 0 Å². The third-order valence-electron chi connectivity index (χ3n) is 3.04. The molecule has 0 fully saturated rings. The van der Waals surface area contributed by atoms with Gasteiger partial charge in [-0.3, -0.25) is 0 Å². The van der Waals surface area contributed by atoms with Gasteiger partial charge >= 0.3 is 133 Å². The Morgan fingerprint density at radius 3 is 1.91 bits per heavy atom. The van der Waals surface area contributed by atoms with Gasteiger partial charge in [0.05, 0.1) is 0 Å². The molecule has 1 aliphatic rings. The maximum absolute atomic E-state index is 11.5. The van der Waals surface area contributed by atoms with E-state index in [1.165, 1.54) is 20.8 Å². The van der Waals surface area contributed by atoms with E-state index in [1.807, 2.05) is 30.3 Å². The third-order valence-corrected chi connectivity index (χ3v) is 7.69. The zero-order chi connectivity index (χ0) is 16.3. The van der Waals surface area contributed by atoms with E-state index in [-0.39, 0.29) is 0 Å². The minimum atomic E-state index is -4.57.